The lowest BCUT2D eigenvalue weighted by Gasteiger charge is -2.10. The zero-order chi connectivity index (χ0) is 33.1. The number of hydrogen-bond donors (Lipinski definition) is 2. The molecule has 2 N–H and O–H groups in total. The summed E-state index contributed by atoms with van der Waals surface area (Å²) < 4.78 is 5.16. The minimum absolute atomic E-state index is 0.0588. The number of aliphatic hydroxyl groups excluding tert-OH is 2. The average Bonchev–Trinajstić information content (AvgIpc) is 3.03. The Morgan fingerprint density at radius 3 is 1.18 bits per heavy atom. The number of rotatable bonds is 36. The number of ether oxygens (including phenoxy) is 1. The second-order valence-electron chi connectivity index (χ2n) is 13.2. The Kier molecular flexibility index (Phi) is 34.7. The van der Waals surface area contributed by atoms with Crippen molar-refractivity contribution < 1.29 is 34.3 Å². The molecular formula is C38H74O7. The summed E-state index contributed by atoms with van der Waals surface area (Å²) in [5.41, 5.74) is 0. The predicted molar refractivity (Wildman–Crippen MR) is 185 cm³/mol. The highest BCUT2D eigenvalue weighted by Gasteiger charge is 2.07. The van der Waals surface area contributed by atoms with Crippen molar-refractivity contribution >= 4 is 11.9 Å². The van der Waals surface area contributed by atoms with E-state index >= 15 is 0 Å². The maximum atomic E-state index is 11.9. The van der Waals surface area contributed by atoms with E-state index in [0.717, 1.165) is 89.9 Å². The van der Waals surface area contributed by atoms with E-state index in [2.05, 4.69) is 13.8 Å². The molecule has 0 aromatic heterocycles. The molecule has 0 rings (SSSR count). The fourth-order valence-electron chi connectivity index (χ4n) is 5.73. The average molecular weight is 643 g/mol. The van der Waals surface area contributed by atoms with Gasteiger partial charge < -0.3 is 14.9 Å². The minimum atomic E-state index is -0.370. The van der Waals surface area contributed by atoms with Gasteiger partial charge in [0.15, 0.2) is 0 Å². The van der Waals surface area contributed by atoms with Crippen molar-refractivity contribution in [2.45, 2.75) is 219 Å². The molecule has 7 nitrogen and oxygen atoms in total. The summed E-state index contributed by atoms with van der Waals surface area (Å²) >= 11 is 0. The Morgan fingerprint density at radius 2 is 0.778 bits per heavy atom. The van der Waals surface area contributed by atoms with Gasteiger partial charge in [-0.1, -0.05) is 155 Å². The lowest BCUT2D eigenvalue weighted by molar-refractivity contribution is -0.275. The first-order valence-corrected chi connectivity index (χ1v) is 19.3. The molecule has 0 saturated heterocycles. The van der Waals surface area contributed by atoms with Crippen LogP contribution in [0.3, 0.4) is 0 Å². The van der Waals surface area contributed by atoms with Crippen molar-refractivity contribution in [2.24, 2.45) is 0 Å². The first-order chi connectivity index (χ1) is 22.0. The molecule has 0 aliphatic heterocycles. The minimum Gasteiger partial charge on any atom is -0.463 e. The number of unbranched alkanes of at least 4 members (excludes halogenated alkanes) is 20. The van der Waals surface area contributed by atoms with E-state index in [1.54, 1.807) is 0 Å². The number of carbonyl (C=O) groups excluding carboxylic acids is 2. The van der Waals surface area contributed by atoms with Crippen LogP contribution in [0, 0.1) is 0 Å². The fourth-order valence-corrected chi connectivity index (χ4v) is 5.73. The van der Waals surface area contributed by atoms with Gasteiger partial charge in [0.2, 0.25) is 0 Å². The molecule has 2 unspecified atom stereocenters. The third-order valence-electron chi connectivity index (χ3n) is 8.70. The van der Waals surface area contributed by atoms with E-state index in [1.165, 1.54) is 89.9 Å². The van der Waals surface area contributed by atoms with E-state index in [4.69, 9.17) is 14.5 Å². The van der Waals surface area contributed by atoms with Crippen molar-refractivity contribution in [1.82, 2.24) is 0 Å². The summed E-state index contributed by atoms with van der Waals surface area (Å²) in [6, 6.07) is 0. The first-order valence-electron chi connectivity index (χ1n) is 19.3. The molecule has 0 heterocycles. The van der Waals surface area contributed by atoms with E-state index in [1.807, 2.05) is 0 Å². The highest BCUT2D eigenvalue weighted by molar-refractivity contribution is 5.69. The highest BCUT2D eigenvalue weighted by Crippen LogP contribution is 2.16. The van der Waals surface area contributed by atoms with Crippen LogP contribution in [-0.4, -0.2) is 47.6 Å². The number of hydrogen-bond acceptors (Lipinski definition) is 7. The quantitative estimate of drug-likeness (QED) is 0.0303. The topological polar surface area (TPSA) is 102 Å². The van der Waals surface area contributed by atoms with Crippen LogP contribution in [0.4, 0.5) is 0 Å². The Hall–Kier alpha value is -1.18. The van der Waals surface area contributed by atoms with Gasteiger partial charge in [-0.3, -0.25) is 9.68 Å². The van der Waals surface area contributed by atoms with Crippen molar-refractivity contribution in [1.29, 1.82) is 0 Å². The SMILES string of the molecule is CCCCCCC(O)CCCCCCCCCCC(=O)OCCOOC(=O)CCCCCCCCCCC(O)CCCCCC. The van der Waals surface area contributed by atoms with Crippen LogP contribution in [0.1, 0.15) is 206 Å². The molecular weight excluding hydrogens is 568 g/mol. The number of esters is 1. The molecule has 2 atom stereocenters. The molecule has 0 amide bonds. The van der Waals surface area contributed by atoms with Crippen LogP contribution >= 0.6 is 0 Å². The Labute approximate surface area is 277 Å². The Morgan fingerprint density at radius 1 is 0.444 bits per heavy atom. The standard InChI is InChI=1S/C38H74O7/c1-3-5-7-21-27-35(39)29-23-17-13-9-11-15-19-25-31-37(41)43-33-34-44-45-38(42)32-26-20-16-12-10-14-18-24-30-36(40)28-22-8-6-4-2/h35-36,39-40H,3-34H2,1-2H3. The molecule has 0 aromatic rings. The third kappa shape index (κ3) is 35.5. The van der Waals surface area contributed by atoms with Gasteiger partial charge in [0.1, 0.15) is 13.2 Å². The maximum Gasteiger partial charge on any atom is 0.342 e. The predicted octanol–water partition coefficient (Wildman–Crippen LogP) is 10.5. The van der Waals surface area contributed by atoms with Crippen LogP contribution in [0.2, 0.25) is 0 Å². The Balaban J connectivity index is 3.34. The van der Waals surface area contributed by atoms with E-state index < -0.39 is 0 Å². The van der Waals surface area contributed by atoms with Gasteiger partial charge in [-0.05, 0) is 38.5 Å². The van der Waals surface area contributed by atoms with Gasteiger partial charge >= 0.3 is 11.9 Å². The second-order valence-corrected chi connectivity index (χ2v) is 13.2. The molecule has 0 fully saturated rings. The summed E-state index contributed by atoms with van der Waals surface area (Å²) in [6.07, 6.45) is 32.0. The summed E-state index contributed by atoms with van der Waals surface area (Å²) in [4.78, 5) is 33.4. The van der Waals surface area contributed by atoms with Crippen molar-refractivity contribution in [3.05, 3.63) is 0 Å². The van der Waals surface area contributed by atoms with Gasteiger partial charge in [-0.2, -0.15) is 4.89 Å². The van der Waals surface area contributed by atoms with Gasteiger partial charge in [-0.15, -0.1) is 0 Å². The van der Waals surface area contributed by atoms with Gasteiger partial charge in [0.25, 0.3) is 0 Å². The molecule has 0 saturated carbocycles. The van der Waals surface area contributed by atoms with Crippen molar-refractivity contribution in [3.63, 3.8) is 0 Å². The molecule has 268 valence electrons. The molecule has 0 aliphatic rings. The molecule has 45 heavy (non-hydrogen) atoms. The van der Waals surface area contributed by atoms with E-state index in [9.17, 15) is 19.8 Å². The second kappa shape index (κ2) is 35.7. The molecule has 0 bridgehead atoms. The lowest BCUT2D eigenvalue weighted by atomic mass is 10.0. The summed E-state index contributed by atoms with van der Waals surface area (Å²) in [5, 5.41) is 20.1. The third-order valence-corrected chi connectivity index (χ3v) is 8.70. The zero-order valence-electron chi connectivity index (χ0n) is 29.7. The van der Waals surface area contributed by atoms with E-state index in [-0.39, 0.29) is 37.4 Å². The monoisotopic (exact) mass is 643 g/mol. The van der Waals surface area contributed by atoms with E-state index in [0.29, 0.717) is 12.8 Å². The van der Waals surface area contributed by atoms with Gasteiger partial charge in [0.05, 0.1) is 12.2 Å². The fraction of sp³-hybridized carbons (Fsp3) is 0.947. The first kappa shape index (κ1) is 43.8. The molecule has 7 heteroatoms. The number of carbonyl (C=O) groups is 2. The van der Waals surface area contributed by atoms with Gasteiger partial charge in [-0.25, -0.2) is 4.79 Å². The number of aliphatic hydroxyl groups is 2. The highest BCUT2D eigenvalue weighted by atomic mass is 17.2. The van der Waals surface area contributed by atoms with Crippen molar-refractivity contribution in [2.75, 3.05) is 13.2 Å². The van der Waals surface area contributed by atoms with Gasteiger partial charge in [0, 0.05) is 12.8 Å². The lowest BCUT2D eigenvalue weighted by Crippen LogP contribution is -2.13. The largest absolute Gasteiger partial charge is 0.463 e. The van der Waals surface area contributed by atoms with Crippen LogP contribution in [0.15, 0.2) is 0 Å². The van der Waals surface area contributed by atoms with Crippen LogP contribution in [-0.2, 0) is 24.1 Å². The smallest absolute Gasteiger partial charge is 0.342 e. The maximum absolute atomic E-state index is 11.9. The van der Waals surface area contributed by atoms with Crippen molar-refractivity contribution in [3.8, 4) is 0 Å². The molecule has 0 aliphatic carbocycles. The molecule has 0 radical (unpaired) electrons. The molecule has 0 spiro atoms. The summed E-state index contributed by atoms with van der Waals surface area (Å²) in [6.45, 7) is 4.58. The normalized spacial score (nSPS) is 12.7. The Bertz CT molecular complexity index is 575. The van der Waals surface area contributed by atoms with Crippen LogP contribution in [0.5, 0.6) is 0 Å². The molecule has 0 aromatic carbocycles. The van der Waals surface area contributed by atoms with Crippen LogP contribution < -0.4 is 0 Å². The zero-order valence-corrected chi connectivity index (χ0v) is 29.7. The van der Waals surface area contributed by atoms with Crippen LogP contribution in [0.25, 0.3) is 0 Å². The summed E-state index contributed by atoms with van der Waals surface area (Å²) in [5.74, 6) is -0.599. The summed E-state index contributed by atoms with van der Waals surface area (Å²) in [7, 11) is 0.